The average molecular weight is 293 g/mol. The Bertz CT molecular complexity index is 446. The minimum Gasteiger partial charge on any atom is -0.484 e. The third-order valence-corrected chi connectivity index (χ3v) is 3.58. The van der Waals surface area contributed by atoms with Crippen LogP contribution in [0.3, 0.4) is 0 Å². The number of carbonyl (C=O) groups is 1. The van der Waals surface area contributed by atoms with Crippen LogP contribution in [0.2, 0.25) is 0 Å². The number of aryl methyl sites for hydroxylation is 1. The second-order valence-electron chi connectivity index (χ2n) is 5.18. The van der Waals surface area contributed by atoms with E-state index in [2.05, 4.69) is 6.92 Å². The molecule has 0 radical (unpaired) electrons. The molecule has 0 aromatic heterocycles. The van der Waals surface area contributed by atoms with Gasteiger partial charge in [-0.3, -0.25) is 4.79 Å². The second kappa shape index (κ2) is 8.00. The zero-order chi connectivity index (χ0) is 15.1. The Hall–Kier alpha value is -1.59. The number of ether oxygens (including phenoxy) is 2. The number of aliphatic hydroxyl groups is 1. The van der Waals surface area contributed by atoms with Gasteiger partial charge in [-0.2, -0.15) is 0 Å². The molecule has 0 aliphatic carbocycles. The van der Waals surface area contributed by atoms with E-state index in [4.69, 9.17) is 9.47 Å². The number of rotatable bonds is 6. The molecule has 21 heavy (non-hydrogen) atoms. The number of amides is 1. The van der Waals surface area contributed by atoms with Crippen LogP contribution in [0, 0.1) is 0 Å². The van der Waals surface area contributed by atoms with Gasteiger partial charge in [0.25, 0.3) is 5.91 Å². The highest BCUT2D eigenvalue weighted by Crippen LogP contribution is 2.14. The van der Waals surface area contributed by atoms with Crippen LogP contribution in [0.25, 0.3) is 0 Å². The maximum absolute atomic E-state index is 12.1. The normalized spacial score (nSPS) is 18.6. The van der Waals surface area contributed by atoms with E-state index in [-0.39, 0.29) is 25.2 Å². The molecule has 1 fully saturated rings. The second-order valence-corrected chi connectivity index (χ2v) is 5.18. The predicted octanol–water partition coefficient (Wildman–Crippen LogP) is 1.24. The van der Waals surface area contributed by atoms with Crippen molar-refractivity contribution < 1.29 is 19.4 Å². The third kappa shape index (κ3) is 4.44. The van der Waals surface area contributed by atoms with Gasteiger partial charge in [-0.05, 0) is 24.1 Å². The summed E-state index contributed by atoms with van der Waals surface area (Å²) in [5.74, 6) is 0.576. The maximum Gasteiger partial charge on any atom is 0.260 e. The van der Waals surface area contributed by atoms with Gasteiger partial charge < -0.3 is 19.5 Å². The van der Waals surface area contributed by atoms with E-state index in [1.807, 2.05) is 24.3 Å². The van der Waals surface area contributed by atoms with Gasteiger partial charge in [-0.15, -0.1) is 0 Å². The minimum atomic E-state index is -0.262. The smallest absolute Gasteiger partial charge is 0.260 e. The SMILES string of the molecule is CCCc1ccc(OCC(=O)N2CCOCC2CO)cc1. The summed E-state index contributed by atoms with van der Waals surface area (Å²) >= 11 is 0. The fraction of sp³-hybridized carbons (Fsp3) is 0.562. The van der Waals surface area contributed by atoms with Gasteiger partial charge in [0.15, 0.2) is 6.61 Å². The van der Waals surface area contributed by atoms with Crippen LogP contribution in [0.15, 0.2) is 24.3 Å². The molecule has 0 bridgehead atoms. The summed E-state index contributed by atoms with van der Waals surface area (Å²) in [4.78, 5) is 13.8. The summed E-state index contributed by atoms with van der Waals surface area (Å²) in [6.45, 7) is 3.44. The summed E-state index contributed by atoms with van der Waals surface area (Å²) in [5, 5.41) is 9.26. The number of benzene rings is 1. The first-order chi connectivity index (χ1) is 10.2. The molecule has 0 spiro atoms. The van der Waals surface area contributed by atoms with E-state index < -0.39 is 0 Å². The van der Waals surface area contributed by atoms with Crippen LogP contribution in [-0.2, 0) is 16.0 Å². The van der Waals surface area contributed by atoms with Crippen molar-refractivity contribution in [3.05, 3.63) is 29.8 Å². The fourth-order valence-electron chi connectivity index (χ4n) is 2.40. The maximum atomic E-state index is 12.1. The molecule has 2 rings (SSSR count). The molecule has 1 N–H and O–H groups in total. The van der Waals surface area contributed by atoms with Crippen molar-refractivity contribution in [3.63, 3.8) is 0 Å². The van der Waals surface area contributed by atoms with Crippen molar-refractivity contribution >= 4 is 5.91 Å². The molecule has 1 aromatic carbocycles. The third-order valence-electron chi connectivity index (χ3n) is 3.58. The Balaban J connectivity index is 1.85. The van der Waals surface area contributed by atoms with E-state index >= 15 is 0 Å². The molecule has 1 saturated heterocycles. The topological polar surface area (TPSA) is 59.0 Å². The first-order valence-electron chi connectivity index (χ1n) is 7.44. The molecule has 1 heterocycles. The lowest BCUT2D eigenvalue weighted by Gasteiger charge is -2.34. The van der Waals surface area contributed by atoms with Gasteiger partial charge in [0.2, 0.25) is 0 Å². The molecule has 116 valence electrons. The Morgan fingerprint density at radius 3 is 2.86 bits per heavy atom. The van der Waals surface area contributed by atoms with E-state index in [0.29, 0.717) is 25.5 Å². The van der Waals surface area contributed by atoms with Crippen molar-refractivity contribution in [2.75, 3.05) is 33.0 Å². The summed E-state index contributed by atoms with van der Waals surface area (Å²) in [5.41, 5.74) is 1.27. The van der Waals surface area contributed by atoms with Crippen LogP contribution in [0.5, 0.6) is 5.75 Å². The number of morpholine rings is 1. The number of aliphatic hydroxyl groups excluding tert-OH is 1. The van der Waals surface area contributed by atoms with E-state index in [0.717, 1.165) is 12.8 Å². The average Bonchev–Trinajstić information content (AvgIpc) is 2.54. The summed E-state index contributed by atoms with van der Waals surface area (Å²) in [6.07, 6.45) is 2.16. The molecule has 5 heteroatoms. The summed E-state index contributed by atoms with van der Waals surface area (Å²) < 4.78 is 10.8. The molecule has 5 nitrogen and oxygen atoms in total. The first kappa shape index (κ1) is 15.8. The first-order valence-corrected chi connectivity index (χ1v) is 7.44. The van der Waals surface area contributed by atoms with E-state index in [1.54, 1.807) is 4.90 Å². The van der Waals surface area contributed by atoms with Crippen molar-refractivity contribution in [3.8, 4) is 5.75 Å². The fourth-order valence-corrected chi connectivity index (χ4v) is 2.40. The van der Waals surface area contributed by atoms with Gasteiger partial charge in [-0.1, -0.05) is 25.5 Å². The summed E-state index contributed by atoms with van der Waals surface area (Å²) in [6, 6.07) is 7.56. The number of hydrogen-bond acceptors (Lipinski definition) is 4. The monoisotopic (exact) mass is 293 g/mol. The van der Waals surface area contributed by atoms with Crippen LogP contribution >= 0.6 is 0 Å². The summed E-state index contributed by atoms with van der Waals surface area (Å²) in [7, 11) is 0. The van der Waals surface area contributed by atoms with Crippen LogP contribution in [0.1, 0.15) is 18.9 Å². The van der Waals surface area contributed by atoms with E-state index in [9.17, 15) is 9.90 Å². The van der Waals surface area contributed by atoms with Crippen molar-refractivity contribution in [1.29, 1.82) is 0 Å². The molecule has 1 amide bonds. The molecule has 1 unspecified atom stereocenters. The molecule has 0 saturated carbocycles. The molecule has 1 aliphatic rings. The van der Waals surface area contributed by atoms with Gasteiger partial charge in [-0.25, -0.2) is 0 Å². The standard InChI is InChI=1S/C16H23NO4/c1-2-3-13-4-6-15(7-5-13)21-12-16(19)17-8-9-20-11-14(17)10-18/h4-7,14,18H,2-3,8-12H2,1H3. The van der Waals surface area contributed by atoms with Gasteiger partial charge in [0, 0.05) is 6.54 Å². The highest BCUT2D eigenvalue weighted by atomic mass is 16.5. The zero-order valence-corrected chi connectivity index (χ0v) is 12.5. The van der Waals surface area contributed by atoms with Crippen LogP contribution in [0.4, 0.5) is 0 Å². The van der Waals surface area contributed by atoms with Crippen molar-refractivity contribution in [2.45, 2.75) is 25.8 Å². The lowest BCUT2D eigenvalue weighted by atomic mass is 10.1. The zero-order valence-electron chi connectivity index (χ0n) is 12.5. The molecule has 1 aliphatic heterocycles. The molecule has 1 aromatic rings. The van der Waals surface area contributed by atoms with Crippen LogP contribution < -0.4 is 4.74 Å². The lowest BCUT2D eigenvalue weighted by molar-refractivity contribution is -0.143. The Labute approximate surface area is 125 Å². The minimum absolute atomic E-state index is 0.0103. The van der Waals surface area contributed by atoms with Crippen LogP contribution in [-0.4, -0.2) is 54.9 Å². The highest BCUT2D eigenvalue weighted by Gasteiger charge is 2.26. The Kier molecular flexibility index (Phi) is 6.02. The Morgan fingerprint density at radius 2 is 2.19 bits per heavy atom. The highest BCUT2D eigenvalue weighted by molar-refractivity contribution is 5.78. The Morgan fingerprint density at radius 1 is 1.43 bits per heavy atom. The largest absolute Gasteiger partial charge is 0.484 e. The molecular weight excluding hydrogens is 270 g/mol. The van der Waals surface area contributed by atoms with Crippen molar-refractivity contribution in [1.82, 2.24) is 4.90 Å². The van der Waals surface area contributed by atoms with E-state index in [1.165, 1.54) is 5.56 Å². The molecule has 1 atom stereocenters. The number of carbonyl (C=O) groups excluding carboxylic acids is 1. The van der Waals surface area contributed by atoms with Gasteiger partial charge in [0.1, 0.15) is 5.75 Å². The lowest BCUT2D eigenvalue weighted by Crippen LogP contribution is -2.51. The predicted molar refractivity (Wildman–Crippen MR) is 79.3 cm³/mol. The molecular formula is C16H23NO4. The van der Waals surface area contributed by atoms with Gasteiger partial charge in [0.05, 0.1) is 25.9 Å². The number of nitrogens with zero attached hydrogens (tertiary/aromatic N) is 1. The quantitative estimate of drug-likeness (QED) is 0.857. The van der Waals surface area contributed by atoms with Crippen molar-refractivity contribution in [2.24, 2.45) is 0 Å². The van der Waals surface area contributed by atoms with Gasteiger partial charge >= 0.3 is 0 Å². The number of hydrogen-bond donors (Lipinski definition) is 1.